The summed E-state index contributed by atoms with van der Waals surface area (Å²) in [7, 11) is 0. The summed E-state index contributed by atoms with van der Waals surface area (Å²) >= 11 is 0. The van der Waals surface area contributed by atoms with Crippen molar-refractivity contribution >= 4 is 0 Å². The molecule has 0 N–H and O–H groups in total. The molecule has 0 aliphatic heterocycles. The van der Waals surface area contributed by atoms with Gasteiger partial charge in [-0.2, -0.15) is 0 Å². The SMILES string of the molecule is CCCC/C=C/CCCCCCC(C)[N]CCCC. The Bertz CT molecular complexity index is 186. The Morgan fingerprint density at radius 2 is 1.42 bits per heavy atom. The number of nitrogens with zero attached hydrogens (tertiary/aromatic N) is 1. The van der Waals surface area contributed by atoms with Gasteiger partial charge in [-0.25, -0.2) is 5.32 Å². The van der Waals surface area contributed by atoms with Gasteiger partial charge in [0.2, 0.25) is 0 Å². The van der Waals surface area contributed by atoms with Crippen LogP contribution in [0.25, 0.3) is 0 Å². The van der Waals surface area contributed by atoms with Gasteiger partial charge in [-0.1, -0.05) is 64.5 Å². The molecule has 1 nitrogen and oxygen atoms in total. The molecule has 1 unspecified atom stereocenters. The fourth-order valence-electron chi connectivity index (χ4n) is 2.17. The van der Waals surface area contributed by atoms with E-state index in [2.05, 4.69) is 38.2 Å². The summed E-state index contributed by atoms with van der Waals surface area (Å²) < 4.78 is 0. The first kappa shape index (κ1) is 18.7. The molecule has 0 aromatic rings. The quantitative estimate of drug-likeness (QED) is 0.276. The van der Waals surface area contributed by atoms with Crippen molar-refractivity contribution in [2.45, 2.75) is 97.4 Å². The fraction of sp³-hybridized carbons (Fsp3) is 0.889. The molecular formula is C18H36N. The Kier molecular flexibility index (Phi) is 15.5. The molecule has 0 aliphatic carbocycles. The molecule has 1 heteroatoms. The van der Waals surface area contributed by atoms with E-state index in [1.54, 1.807) is 0 Å². The summed E-state index contributed by atoms with van der Waals surface area (Å²) in [5.41, 5.74) is 0. The first-order chi connectivity index (χ1) is 9.31. The number of hydrogen-bond donors (Lipinski definition) is 0. The van der Waals surface area contributed by atoms with Crippen molar-refractivity contribution in [1.82, 2.24) is 5.32 Å². The lowest BCUT2D eigenvalue weighted by molar-refractivity contribution is 0.467. The molecule has 0 bridgehead atoms. The molecular weight excluding hydrogens is 230 g/mol. The lowest BCUT2D eigenvalue weighted by atomic mass is 10.1. The lowest BCUT2D eigenvalue weighted by Gasteiger charge is -2.10. The van der Waals surface area contributed by atoms with Crippen LogP contribution in [0.1, 0.15) is 91.4 Å². The highest BCUT2D eigenvalue weighted by Gasteiger charge is 2.01. The Labute approximate surface area is 122 Å². The predicted octanol–water partition coefficient (Wildman–Crippen LogP) is 5.87. The third-order valence-corrected chi connectivity index (χ3v) is 3.59. The maximum absolute atomic E-state index is 4.68. The summed E-state index contributed by atoms with van der Waals surface area (Å²) in [6, 6.07) is 0.584. The topological polar surface area (TPSA) is 14.1 Å². The zero-order valence-corrected chi connectivity index (χ0v) is 13.7. The van der Waals surface area contributed by atoms with Gasteiger partial charge < -0.3 is 0 Å². The van der Waals surface area contributed by atoms with Crippen LogP contribution in [0.2, 0.25) is 0 Å². The van der Waals surface area contributed by atoms with E-state index >= 15 is 0 Å². The van der Waals surface area contributed by atoms with E-state index in [4.69, 9.17) is 0 Å². The van der Waals surface area contributed by atoms with E-state index in [-0.39, 0.29) is 0 Å². The van der Waals surface area contributed by atoms with Gasteiger partial charge in [0, 0.05) is 12.6 Å². The molecule has 0 amide bonds. The molecule has 1 atom stereocenters. The molecule has 1 radical (unpaired) electrons. The van der Waals surface area contributed by atoms with Crippen LogP contribution in [0, 0.1) is 0 Å². The molecule has 0 aromatic carbocycles. The van der Waals surface area contributed by atoms with Crippen LogP contribution >= 0.6 is 0 Å². The van der Waals surface area contributed by atoms with Crippen LogP contribution in [-0.2, 0) is 0 Å². The van der Waals surface area contributed by atoms with Gasteiger partial charge in [-0.05, 0) is 39.0 Å². The summed E-state index contributed by atoms with van der Waals surface area (Å²) in [6.45, 7) is 7.83. The Balaban J connectivity index is 3.15. The van der Waals surface area contributed by atoms with E-state index in [1.807, 2.05) is 0 Å². The van der Waals surface area contributed by atoms with E-state index in [0.717, 1.165) is 6.54 Å². The molecule has 0 aromatic heterocycles. The van der Waals surface area contributed by atoms with Crippen molar-refractivity contribution < 1.29 is 0 Å². The van der Waals surface area contributed by atoms with Crippen LogP contribution in [0.5, 0.6) is 0 Å². The van der Waals surface area contributed by atoms with Crippen molar-refractivity contribution in [2.75, 3.05) is 6.54 Å². The minimum atomic E-state index is 0.584. The largest absolute Gasteiger partial charge is 0.239 e. The maximum Gasteiger partial charge on any atom is 0.0217 e. The second-order valence-corrected chi connectivity index (χ2v) is 5.71. The van der Waals surface area contributed by atoms with E-state index < -0.39 is 0 Å². The number of hydrogen-bond acceptors (Lipinski definition) is 0. The van der Waals surface area contributed by atoms with Crippen molar-refractivity contribution in [3.63, 3.8) is 0 Å². The zero-order valence-electron chi connectivity index (χ0n) is 13.7. The highest BCUT2D eigenvalue weighted by Crippen LogP contribution is 2.09. The minimum absolute atomic E-state index is 0.584. The normalized spacial score (nSPS) is 13.2. The summed E-state index contributed by atoms with van der Waals surface area (Å²) in [5, 5.41) is 4.68. The maximum atomic E-state index is 4.68. The van der Waals surface area contributed by atoms with Gasteiger partial charge in [0.1, 0.15) is 0 Å². The number of rotatable bonds is 14. The second-order valence-electron chi connectivity index (χ2n) is 5.71. The standard InChI is InChI=1S/C18H36N/c1-4-6-8-9-10-11-12-13-14-15-16-18(3)19-17-7-5-2/h9-10,18H,4-8,11-17H2,1-3H3/b10-9+. The Morgan fingerprint density at radius 1 is 0.789 bits per heavy atom. The van der Waals surface area contributed by atoms with Gasteiger partial charge in [0.25, 0.3) is 0 Å². The predicted molar refractivity (Wildman–Crippen MR) is 87.7 cm³/mol. The molecule has 0 saturated carbocycles. The lowest BCUT2D eigenvalue weighted by Crippen LogP contribution is -2.19. The van der Waals surface area contributed by atoms with Crippen LogP contribution in [0.15, 0.2) is 12.2 Å². The Morgan fingerprint density at radius 3 is 2.11 bits per heavy atom. The average molecular weight is 266 g/mol. The van der Waals surface area contributed by atoms with Crippen molar-refractivity contribution in [3.8, 4) is 0 Å². The molecule has 0 aliphatic rings. The molecule has 0 fully saturated rings. The van der Waals surface area contributed by atoms with Crippen LogP contribution in [0.3, 0.4) is 0 Å². The molecule has 19 heavy (non-hydrogen) atoms. The number of allylic oxidation sites excluding steroid dienone is 2. The van der Waals surface area contributed by atoms with Gasteiger partial charge in [0.05, 0.1) is 0 Å². The molecule has 0 heterocycles. The second kappa shape index (κ2) is 15.8. The van der Waals surface area contributed by atoms with Crippen LogP contribution in [0.4, 0.5) is 0 Å². The molecule has 0 spiro atoms. The van der Waals surface area contributed by atoms with E-state index in [1.165, 1.54) is 70.6 Å². The summed E-state index contributed by atoms with van der Waals surface area (Å²) in [5.74, 6) is 0. The summed E-state index contributed by atoms with van der Waals surface area (Å²) in [6.07, 6.45) is 19.2. The third-order valence-electron chi connectivity index (χ3n) is 3.59. The first-order valence-electron chi connectivity index (χ1n) is 8.62. The van der Waals surface area contributed by atoms with Crippen molar-refractivity contribution in [2.24, 2.45) is 0 Å². The van der Waals surface area contributed by atoms with Crippen molar-refractivity contribution in [1.29, 1.82) is 0 Å². The van der Waals surface area contributed by atoms with Gasteiger partial charge in [-0.15, -0.1) is 0 Å². The molecule has 0 saturated heterocycles. The van der Waals surface area contributed by atoms with Crippen molar-refractivity contribution in [3.05, 3.63) is 12.2 Å². The minimum Gasteiger partial charge on any atom is -0.239 e. The molecule has 113 valence electrons. The molecule has 0 rings (SSSR count). The number of unbranched alkanes of at least 4 members (excludes halogenated alkanes) is 7. The van der Waals surface area contributed by atoms with E-state index in [0.29, 0.717) is 6.04 Å². The third kappa shape index (κ3) is 15.6. The van der Waals surface area contributed by atoms with Crippen LogP contribution in [-0.4, -0.2) is 12.6 Å². The van der Waals surface area contributed by atoms with Gasteiger partial charge in [0.15, 0.2) is 0 Å². The zero-order chi connectivity index (χ0) is 14.2. The smallest absolute Gasteiger partial charge is 0.0217 e. The Hall–Kier alpha value is -0.300. The van der Waals surface area contributed by atoms with E-state index in [9.17, 15) is 0 Å². The fourth-order valence-corrected chi connectivity index (χ4v) is 2.17. The highest BCUT2D eigenvalue weighted by atomic mass is 14.9. The summed E-state index contributed by atoms with van der Waals surface area (Å²) in [4.78, 5) is 0. The average Bonchev–Trinajstić information content (AvgIpc) is 2.41. The highest BCUT2D eigenvalue weighted by molar-refractivity contribution is 4.81. The monoisotopic (exact) mass is 266 g/mol. The van der Waals surface area contributed by atoms with Gasteiger partial charge in [-0.3, -0.25) is 0 Å². The first-order valence-corrected chi connectivity index (χ1v) is 8.62. The van der Waals surface area contributed by atoms with Crippen LogP contribution < -0.4 is 5.32 Å². The van der Waals surface area contributed by atoms with Gasteiger partial charge >= 0.3 is 0 Å².